The first-order chi connectivity index (χ1) is 6.18. The van der Waals surface area contributed by atoms with Gasteiger partial charge in [0.15, 0.2) is 0 Å². The molecule has 72 valence electrons. The monoisotopic (exact) mass is 181 g/mol. The number of aliphatic carboxylic acids is 1. The second-order valence-corrected chi connectivity index (χ2v) is 5.07. The summed E-state index contributed by atoms with van der Waals surface area (Å²) >= 11 is 0. The summed E-state index contributed by atoms with van der Waals surface area (Å²) in [7, 11) is 0. The van der Waals surface area contributed by atoms with Crippen LogP contribution in [0.5, 0.6) is 0 Å². The minimum absolute atomic E-state index is 0.264. The van der Waals surface area contributed by atoms with E-state index in [1.807, 2.05) is 0 Å². The molecule has 2 aliphatic carbocycles. The summed E-state index contributed by atoms with van der Waals surface area (Å²) in [4.78, 5) is 10.8. The number of hydrogen-bond donors (Lipinski definition) is 2. The number of rotatable bonds is 1. The number of fused-ring (bicyclic) bond motifs is 1. The third-order valence-corrected chi connectivity index (χ3v) is 4.57. The van der Waals surface area contributed by atoms with E-state index in [0.717, 1.165) is 13.0 Å². The van der Waals surface area contributed by atoms with Crippen LogP contribution >= 0.6 is 0 Å². The van der Waals surface area contributed by atoms with Crippen molar-refractivity contribution >= 4 is 5.97 Å². The predicted octanol–water partition coefficient (Wildman–Crippen LogP) is 0.993. The van der Waals surface area contributed by atoms with Crippen molar-refractivity contribution in [2.24, 2.45) is 10.8 Å². The van der Waals surface area contributed by atoms with Crippen LogP contribution in [-0.2, 0) is 4.79 Å². The second kappa shape index (κ2) is 2.08. The highest BCUT2D eigenvalue weighted by atomic mass is 16.4. The molecular formula is C10H15NO2. The molecule has 0 radical (unpaired) electrons. The van der Waals surface area contributed by atoms with Gasteiger partial charge in [-0.2, -0.15) is 0 Å². The van der Waals surface area contributed by atoms with Crippen LogP contribution in [0, 0.1) is 10.8 Å². The normalized spacial score (nSPS) is 45.1. The summed E-state index contributed by atoms with van der Waals surface area (Å²) in [5.41, 5.74) is 0.985. The maximum atomic E-state index is 10.8. The van der Waals surface area contributed by atoms with Gasteiger partial charge in [-0.25, -0.2) is 0 Å². The van der Waals surface area contributed by atoms with E-state index in [4.69, 9.17) is 5.11 Å². The Kier molecular flexibility index (Phi) is 1.25. The van der Waals surface area contributed by atoms with Crippen LogP contribution in [0.2, 0.25) is 0 Å². The molecule has 1 saturated heterocycles. The quantitative estimate of drug-likeness (QED) is 0.634. The second-order valence-electron chi connectivity index (χ2n) is 5.07. The van der Waals surface area contributed by atoms with Gasteiger partial charge in [0, 0.05) is 6.54 Å². The van der Waals surface area contributed by atoms with Crippen LogP contribution in [0.15, 0.2) is 0 Å². The minimum Gasteiger partial charge on any atom is -0.480 e. The third kappa shape index (κ3) is 0.810. The van der Waals surface area contributed by atoms with Crippen LogP contribution in [0.25, 0.3) is 0 Å². The average molecular weight is 181 g/mol. The van der Waals surface area contributed by atoms with E-state index in [1.165, 1.54) is 25.7 Å². The van der Waals surface area contributed by atoms with Gasteiger partial charge in [-0.1, -0.05) is 6.42 Å². The Balaban J connectivity index is 1.73. The zero-order valence-corrected chi connectivity index (χ0v) is 7.68. The van der Waals surface area contributed by atoms with Crippen LogP contribution in [0.4, 0.5) is 0 Å². The fourth-order valence-corrected chi connectivity index (χ4v) is 3.48. The number of carbonyl (C=O) groups is 1. The highest BCUT2D eigenvalue weighted by Gasteiger charge is 2.71. The molecule has 0 aromatic rings. The van der Waals surface area contributed by atoms with Gasteiger partial charge >= 0.3 is 5.97 Å². The van der Waals surface area contributed by atoms with Gasteiger partial charge in [-0.3, -0.25) is 4.79 Å². The number of carboxylic acids is 1. The van der Waals surface area contributed by atoms with Crippen molar-refractivity contribution in [3.8, 4) is 0 Å². The Labute approximate surface area is 77.5 Å². The first-order valence-electron chi connectivity index (χ1n) is 5.14. The Morgan fingerprint density at radius 2 is 2.15 bits per heavy atom. The first-order valence-corrected chi connectivity index (χ1v) is 5.14. The van der Waals surface area contributed by atoms with Gasteiger partial charge in [0.25, 0.3) is 0 Å². The lowest BCUT2D eigenvalue weighted by Gasteiger charge is -2.30. The standard InChI is InChI=1S/C10H15NO2/c12-8(13)7-4-10(6-11-7)5-9(10)2-1-3-9/h7,11H,1-6H2,(H,12,13)/t7-,10?/m0/s1. The van der Waals surface area contributed by atoms with Gasteiger partial charge in [0.2, 0.25) is 0 Å². The van der Waals surface area contributed by atoms with Gasteiger partial charge in [0.05, 0.1) is 0 Å². The largest absolute Gasteiger partial charge is 0.480 e. The zero-order valence-electron chi connectivity index (χ0n) is 7.68. The Morgan fingerprint density at radius 3 is 2.54 bits per heavy atom. The SMILES string of the molecule is O=C(O)[C@@H]1CC2(CN1)CC21CCC1. The maximum absolute atomic E-state index is 10.8. The minimum atomic E-state index is -0.668. The lowest BCUT2D eigenvalue weighted by atomic mass is 9.74. The fraction of sp³-hybridized carbons (Fsp3) is 0.900. The van der Waals surface area contributed by atoms with E-state index >= 15 is 0 Å². The molecule has 2 saturated carbocycles. The molecule has 3 nitrogen and oxygen atoms in total. The van der Waals surface area contributed by atoms with Crippen molar-refractivity contribution in [1.82, 2.24) is 5.32 Å². The van der Waals surface area contributed by atoms with E-state index in [1.54, 1.807) is 0 Å². The summed E-state index contributed by atoms with van der Waals surface area (Å²) in [5.74, 6) is -0.668. The summed E-state index contributed by atoms with van der Waals surface area (Å²) < 4.78 is 0. The fourth-order valence-electron chi connectivity index (χ4n) is 3.48. The van der Waals surface area contributed by atoms with Gasteiger partial charge in [-0.15, -0.1) is 0 Å². The zero-order chi connectivity index (χ0) is 9.10. The Bertz CT molecular complexity index is 272. The Hall–Kier alpha value is -0.570. The van der Waals surface area contributed by atoms with Crippen molar-refractivity contribution < 1.29 is 9.90 Å². The molecule has 3 rings (SSSR count). The van der Waals surface area contributed by atoms with Crippen LogP contribution < -0.4 is 5.32 Å². The van der Waals surface area contributed by atoms with E-state index in [0.29, 0.717) is 10.8 Å². The molecule has 2 spiro atoms. The van der Waals surface area contributed by atoms with Crippen molar-refractivity contribution in [3.63, 3.8) is 0 Å². The van der Waals surface area contributed by atoms with Gasteiger partial charge in [-0.05, 0) is 36.5 Å². The molecule has 0 bridgehead atoms. The molecule has 3 fully saturated rings. The molecule has 0 aromatic heterocycles. The van der Waals surface area contributed by atoms with E-state index < -0.39 is 5.97 Å². The molecule has 1 heterocycles. The molecule has 1 unspecified atom stereocenters. The molecule has 2 atom stereocenters. The molecule has 2 N–H and O–H groups in total. The Morgan fingerprint density at radius 1 is 1.38 bits per heavy atom. The lowest BCUT2D eigenvalue weighted by Crippen LogP contribution is -2.30. The summed E-state index contributed by atoms with van der Waals surface area (Å²) in [6, 6.07) is -0.264. The van der Waals surface area contributed by atoms with Crippen molar-refractivity contribution in [2.75, 3.05) is 6.54 Å². The first kappa shape index (κ1) is 7.80. The number of carboxylic acid groups (broad SMARTS) is 1. The van der Waals surface area contributed by atoms with E-state index in [9.17, 15) is 4.79 Å². The van der Waals surface area contributed by atoms with Crippen LogP contribution in [0.1, 0.15) is 32.1 Å². The molecule has 0 amide bonds. The van der Waals surface area contributed by atoms with Crippen LogP contribution in [0.3, 0.4) is 0 Å². The summed E-state index contributed by atoms with van der Waals surface area (Å²) in [6.07, 6.45) is 6.22. The van der Waals surface area contributed by atoms with Crippen LogP contribution in [-0.4, -0.2) is 23.7 Å². The molecule has 3 aliphatic rings. The third-order valence-electron chi connectivity index (χ3n) is 4.57. The predicted molar refractivity (Wildman–Crippen MR) is 47.4 cm³/mol. The average Bonchev–Trinajstić information content (AvgIpc) is 2.44. The molecule has 3 heteroatoms. The van der Waals surface area contributed by atoms with Crippen molar-refractivity contribution in [2.45, 2.75) is 38.1 Å². The van der Waals surface area contributed by atoms with Gasteiger partial charge in [0.1, 0.15) is 6.04 Å². The van der Waals surface area contributed by atoms with E-state index in [-0.39, 0.29) is 6.04 Å². The van der Waals surface area contributed by atoms with Crippen molar-refractivity contribution in [3.05, 3.63) is 0 Å². The molecule has 13 heavy (non-hydrogen) atoms. The molecular weight excluding hydrogens is 166 g/mol. The summed E-state index contributed by atoms with van der Waals surface area (Å²) in [6.45, 7) is 0.948. The lowest BCUT2D eigenvalue weighted by molar-refractivity contribution is -0.139. The highest BCUT2D eigenvalue weighted by Crippen LogP contribution is 2.76. The van der Waals surface area contributed by atoms with Crippen molar-refractivity contribution in [1.29, 1.82) is 0 Å². The maximum Gasteiger partial charge on any atom is 0.320 e. The topological polar surface area (TPSA) is 49.3 Å². The smallest absolute Gasteiger partial charge is 0.320 e. The molecule has 0 aromatic carbocycles. The molecule has 1 aliphatic heterocycles. The number of nitrogens with one attached hydrogen (secondary N) is 1. The summed E-state index contributed by atoms with van der Waals surface area (Å²) in [5, 5.41) is 12.0. The van der Waals surface area contributed by atoms with Gasteiger partial charge < -0.3 is 10.4 Å². The van der Waals surface area contributed by atoms with E-state index in [2.05, 4.69) is 5.32 Å². The number of hydrogen-bond acceptors (Lipinski definition) is 2. The highest BCUT2D eigenvalue weighted by molar-refractivity contribution is 5.74.